The van der Waals surface area contributed by atoms with Crippen molar-refractivity contribution in [2.45, 2.75) is 44.6 Å². The summed E-state index contributed by atoms with van der Waals surface area (Å²) in [5.74, 6) is 1.81. The molecule has 104 valence electrons. The van der Waals surface area contributed by atoms with Crippen molar-refractivity contribution in [2.24, 2.45) is 5.92 Å². The number of hydrogen-bond acceptors (Lipinski definition) is 2. The van der Waals surface area contributed by atoms with Crippen molar-refractivity contribution in [1.82, 2.24) is 4.90 Å². The minimum atomic E-state index is 0.0820. The van der Waals surface area contributed by atoms with Crippen LogP contribution in [0.4, 0.5) is 0 Å². The minimum absolute atomic E-state index is 0.0820. The van der Waals surface area contributed by atoms with E-state index in [-0.39, 0.29) is 5.60 Å². The average Bonchev–Trinajstić information content (AvgIpc) is 2.70. The van der Waals surface area contributed by atoms with E-state index in [1.54, 1.807) is 0 Å². The van der Waals surface area contributed by atoms with Crippen LogP contribution in [0.3, 0.4) is 0 Å². The van der Waals surface area contributed by atoms with Gasteiger partial charge in [-0.25, -0.2) is 0 Å². The van der Waals surface area contributed by atoms with Crippen molar-refractivity contribution in [3.63, 3.8) is 0 Å². The average molecular weight is 259 g/mol. The minimum Gasteiger partial charge on any atom is -0.486 e. The molecule has 0 radical (unpaired) electrons. The van der Waals surface area contributed by atoms with Crippen molar-refractivity contribution >= 4 is 0 Å². The number of nitrogens with zero attached hydrogens (tertiary/aromatic N) is 1. The first-order chi connectivity index (χ1) is 9.09. The zero-order valence-corrected chi connectivity index (χ0v) is 12.4. The highest BCUT2D eigenvalue weighted by Crippen LogP contribution is 2.46. The molecule has 1 spiro atoms. The van der Waals surface area contributed by atoms with E-state index in [9.17, 15) is 0 Å². The Labute approximate surface area is 116 Å². The van der Waals surface area contributed by atoms with Gasteiger partial charge in [-0.05, 0) is 51.9 Å². The number of fused-ring (bicyclic) bond motifs is 1. The maximum atomic E-state index is 6.48. The summed E-state index contributed by atoms with van der Waals surface area (Å²) in [7, 11) is 4.35. The lowest BCUT2D eigenvalue weighted by Gasteiger charge is -2.41. The van der Waals surface area contributed by atoms with Crippen LogP contribution in [0.25, 0.3) is 0 Å². The lowest BCUT2D eigenvalue weighted by atomic mass is 9.73. The van der Waals surface area contributed by atoms with Gasteiger partial charge < -0.3 is 9.64 Å². The van der Waals surface area contributed by atoms with Crippen LogP contribution in [0, 0.1) is 12.8 Å². The van der Waals surface area contributed by atoms with Crippen LogP contribution in [0.5, 0.6) is 5.75 Å². The van der Waals surface area contributed by atoms with E-state index in [1.165, 1.54) is 36.8 Å². The molecule has 0 amide bonds. The van der Waals surface area contributed by atoms with Crippen molar-refractivity contribution in [1.29, 1.82) is 0 Å². The Kier molecular flexibility index (Phi) is 3.30. The summed E-state index contributed by atoms with van der Waals surface area (Å²) in [4.78, 5) is 2.31. The van der Waals surface area contributed by atoms with E-state index >= 15 is 0 Å². The first-order valence-corrected chi connectivity index (χ1v) is 7.52. The highest BCUT2D eigenvalue weighted by molar-refractivity contribution is 5.42. The van der Waals surface area contributed by atoms with Crippen LogP contribution >= 0.6 is 0 Å². The van der Waals surface area contributed by atoms with Crippen LogP contribution in [0.15, 0.2) is 18.2 Å². The molecule has 1 aromatic carbocycles. The monoisotopic (exact) mass is 259 g/mol. The second-order valence-electron chi connectivity index (χ2n) is 6.66. The Balaban J connectivity index is 1.87. The highest BCUT2D eigenvalue weighted by Gasteiger charge is 2.47. The third-order valence-electron chi connectivity index (χ3n) is 4.75. The molecule has 2 unspecified atom stereocenters. The molecule has 1 aromatic rings. The van der Waals surface area contributed by atoms with Gasteiger partial charge in [-0.2, -0.15) is 0 Å². The first-order valence-electron chi connectivity index (χ1n) is 7.52. The second kappa shape index (κ2) is 4.82. The Morgan fingerprint density at radius 2 is 2.16 bits per heavy atom. The number of rotatable bonds is 2. The van der Waals surface area contributed by atoms with Crippen LogP contribution in [0.2, 0.25) is 0 Å². The number of benzene rings is 1. The van der Waals surface area contributed by atoms with Gasteiger partial charge in [-0.3, -0.25) is 0 Å². The van der Waals surface area contributed by atoms with Gasteiger partial charge in [0, 0.05) is 18.9 Å². The summed E-state index contributed by atoms with van der Waals surface area (Å²) in [6.07, 6.45) is 6.32. The SMILES string of the molecule is Cc1ccc2c(c1)CC1(CCCCC1CN(C)C)O2. The lowest BCUT2D eigenvalue weighted by molar-refractivity contribution is -0.0150. The molecule has 19 heavy (non-hydrogen) atoms. The molecule has 1 fully saturated rings. The van der Waals surface area contributed by atoms with Gasteiger partial charge in [0.25, 0.3) is 0 Å². The molecule has 1 aliphatic carbocycles. The number of ether oxygens (including phenoxy) is 1. The van der Waals surface area contributed by atoms with E-state index in [0.717, 1.165) is 18.7 Å². The predicted molar refractivity (Wildman–Crippen MR) is 78.8 cm³/mol. The molecule has 1 saturated carbocycles. The Bertz CT molecular complexity index is 468. The van der Waals surface area contributed by atoms with E-state index in [2.05, 4.69) is 44.1 Å². The standard InChI is InChI=1S/C17H25NO/c1-13-7-8-16-14(10-13)11-17(19-16)9-5-4-6-15(17)12-18(2)3/h7-8,10,15H,4-6,9,11-12H2,1-3H3. The normalized spacial score (nSPS) is 29.6. The predicted octanol–water partition coefficient (Wildman–Crippen LogP) is 3.42. The molecule has 0 bridgehead atoms. The van der Waals surface area contributed by atoms with Crippen molar-refractivity contribution in [3.05, 3.63) is 29.3 Å². The van der Waals surface area contributed by atoms with E-state index in [4.69, 9.17) is 4.74 Å². The summed E-state index contributed by atoms with van der Waals surface area (Å²) in [6.45, 7) is 3.32. The summed E-state index contributed by atoms with van der Waals surface area (Å²) in [5.41, 5.74) is 2.85. The molecule has 1 heterocycles. The summed E-state index contributed by atoms with van der Waals surface area (Å²) >= 11 is 0. The van der Waals surface area contributed by atoms with Gasteiger partial charge in [-0.15, -0.1) is 0 Å². The summed E-state index contributed by atoms with van der Waals surface area (Å²) in [5, 5.41) is 0. The van der Waals surface area contributed by atoms with Crippen molar-refractivity contribution in [3.8, 4) is 5.75 Å². The fourth-order valence-corrected chi connectivity index (χ4v) is 3.87. The zero-order valence-electron chi connectivity index (χ0n) is 12.4. The van der Waals surface area contributed by atoms with E-state index in [1.807, 2.05) is 0 Å². The Morgan fingerprint density at radius 3 is 2.95 bits per heavy atom. The van der Waals surface area contributed by atoms with Crippen LogP contribution in [-0.2, 0) is 6.42 Å². The number of aryl methyl sites for hydroxylation is 1. The topological polar surface area (TPSA) is 12.5 Å². The second-order valence-corrected chi connectivity index (χ2v) is 6.66. The molecule has 0 aromatic heterocycles. The molecule has 3 rings (SSSR count). The fourth-order valence-electron chi connectivity index (χ4n) is 3.87. The van der Waals surface area contributed by atoms with Gasteiger partial charge in [-0.1, -0.05) is 24.1 Å². The highest BCUT2D eigenvalue weighted by atomic mass is 16.5. The molecule has 1 aliphatic heterocycles. The molecule has 2 nitrogen and oxygen atoms in total. The Morgan fingerprint density at radius 1 is 1.32 bits per heavy atom. The van der Waals surface area contributed by atoms with Crippen molar-refractivity contribution < 1.29 is 4.74 Å². The van der Waals surface area contributed by atoms with E-state index < -0.39 is 0 Å². The van der Waals surface area contributed by atoms with Crippen molar-refractivity contribution in [2.75, 3.05) is 20.6 Å². The summed E-state index contributed by atoms with van der Waals surface area (Å²) < 4.78 is 6.48. The summed E-state index contributed by atoms with van der Waals surface area (Å²) in [6, 6.07) is 6.65. The van der Waals surface area contributed by atoms with Crippen LogP contribution < -0.4 is 4.74 Å². The molecular formula is C17H25NO. The van der Waals surface area contributed by atoms with Gasteiger partial charge in [0.05, 0.1) is 0 Å². The fraction of sp³-hybridized carbons (Fsp3) is 0.647. The molecule has 2 atom stereocenters. The number of hydrogen-bond donors (Lipinski definition) is 0. The third kappa shape index (κ3) is 2.38. The molecule has 2 heteroatoms. The largest absolute Gasteiger partial charge is 0.486 e. The van der Waals surface area contributed by atoms with Gasteiger partial charge >= 0.3 is 0 Å². The quantitative estimate of drug-likeness (QED) is 0.807. The van der Waals surface area contributed by atoms with Gasteiger partial charge in [0.2, 0.25) is 0 Å². The maximum Gasteiger partial charge on any atom is 0.123 e. The molecule has 0 N–H and O–H groups in total. The molecule has 0 saturated heterocycles. The Hall–Kier alpha value is -1.02. The maximum absolute atomic E-state index is 6.48. The lowest BCUT2D eigenvalue weighted by Crippen LogP contribution is -2.48. The van der Waals surface area contributed by atoms with Crippen LogP contribution in [0.1, 0.15) is 36.8 Å². The smallest absolute Gasteiger partial charge is 0.123 e. The first kappa shape index (κ1) is 13.0. The van der Waals surface area contributed by atoms with Crippen LogP contribution in [-0.4, -0.2) is 31.1 Å². The third-order valence-corrected chi connectivity index (χ3v) is 4.75. The zero-order chi connectivity index (χ0) is 13.5. The van der Waals surface area contributed by atoms with Gasteiger partial charge in [0.15, 0.2) is 0 Å². The molecular weight excluding hydrogens is 234 g/mol. The van der Waals surface area contributed by atoms with Gasteiger partial charge in [0.1, 0.15) is 11.4 Å². The van der Waals surface area contributed by atoms with E-state index in [0.29, 0.717) is 5.92 Å². The molecule has 2 aliphatic rings.